The van der Waals surface area contributed by atoms with E-state index < -0.39 is 0 Å². The van der Waals surface area contributed by atoms with Gasteiger partial charge < -0.3 is 15.2 Å². The summed E-state index contributed by atoms with van der Waals surface area (Å²) in [6.45, 7) is 1.46. The molecule has 0 spiro atoms. The first-order valence-corrected chi connectivity index (χ1v) is 4.55. The van der Waals surface area contributed by atoms with Crippen molar-refractivity contribution in [2.45, 2.75) is 12.3 Å². The second kappa shape index (κ2) is 3.79. The van der Waals surface area contributed by atoms with Crippen LogP contribution in [0.1, 0.15) is 18.2 Å². The summed E-state index contributed by atoms with van der Waals surface area (Å²) in [5.74, 6) is 1.95. The molecule has 2 N–H and O–H groups in total. The molecule has 1 unspecified atom stereocenters. The Morgan fingerprint density at radius 3 is 3.07 bits per heavy atom. The van der Waals surface area contributed by atoms with Crippen LogP contribution in [0.5, 0.6) is 5.75 Å². The van der Waals surface area contributed by atoms with Gasteiger partial charge in [-0.15, -0.1) is 0 Å². The molecular weight excluding hydrogens is 182 g/mol. The Balaban J connectivity index is 2.23. The van der Waals surface area contributed by atoms with Gasteiger partial charge in [0.15, 0.2) is 11.6 Å². The molecule has 1 aromatic heterocycles. The molecule has 0 saturated carbocycles. The number of hydrogen-bond donors (Lipinski definition) is 1. The van der Waals surface area contributed by atoms with E-state index in [1.165, 1.54) is 0 Å². The van der Waals surface area contributed by atoms with Gasteiger partial charge >= 0.3 is 0 Å². The molecule has 14 heavy (non-hydrogen) atoms. The van der Waals surface area contributed by atoms with E-state index in [0.717, 1.165) is 18.9 Å². The predicted molar refractivity (Wildman–Crippen MR) is 51.2 cm³/mol. The Morgan fingerprint density at radius 2 is 2.50 bits per heavy atom. The SMILES string of the molecule is COc1cnc(C2CCOC2)nc1N. The minimum atomic E-state index is 0.281. The van der Waals surface area contributed by atoms with E-state index in [4.69, 9.17) is 15.2 Å². The summed E-state index contributed by atoms with van der Waals surface area (Å²) in [6.07, 6.45) is 2.57. The highest BCUT2D eigenvalue weighted by Gasteiger charge is 2.21. The minimum Gasteiger partial charge on any atom is -0.491 e. The Morgan fingerprint density at radius 1 is 1.64 bits per heavy atom. The third-order valence-corrected chi connectivity index (χ3v) is 2.32. The molecule has 0 aliphatic carbocycles. The summed E-state index contributed by atoms with van der Waals surface area (Å²) < 4.78 is 10.2. The highest BCUT2D eigenvalue weighted by atomic mass is 16.5. The first-order valence-electron chi connectivity index (χ1n) is 4.55. The van der Waals surface area contributed by atoms with Gasteiger partial charge in [-0.2, -0.15) is 0 Å². The number of nitrogens with two attached hydrogens (primary N) is 1. The molecule has 1 fully saturated rings. The summed E-state index contributed by atoms with van der Waals surface area (Å²) in [5.41, 5.74) is 5.68. The van der Waals surface area contributed by atoms with Gasteiger partial charge in [0.1, 0.15) is 5.82 Å². The molecule has 1 atom stereocenters. The standard InChI is InChI=1S/C9H13N3O2/c1-13-7-4-11-9(12-8(7)10)6-2-3-14-5-6/h4,6H,2-3,5H2,1H3,(H2,10,11,12). The Bertz CT molecular complexity index is 324. The van der Waals surface area contributed by atoms with Gasteiger partial charge in [0.25, 0.3) is 0 Å². The predicted octanol–water partition coefficient (Wildman–Crippen LogP) is 0.571. The summed E-state index contributed by atoms with van der Waals surface area (Å²) in [7, 11) is 1.55. The van der Waals surface area contributed by atoms with Crippen LogP contribution >= 0.6 is 0 Å². The third kappa shape index (κ3) is 1.63. The van der Waals surface area contributed by atoms with Crippen LogP contribution in [0, 0.1) is 0 Å². The van der Waals surface area contributed by atoms with Crippen molar-refractivity contribution in [2.75, 3.05) is 26.1 Å². The maximum Gasteiger partial charge on any atom is 0.179 e. The van der Waals surface area contributed by atoms with Crippen LogP contribution < -0.4 is 10.5 Å². The summed E-state index contributed by atoms with van der Waals surface area (Å²) in [6, 6.07) is 0. The third-order valence-electron chi connectivity index (χ3n) is 2.32. The zero-order valence-electron chi connectivity index (χ0n) is 8.06. The van der Waals surface area contributed by atoms with E-state index >= 15 is 0 Å². The lowest BCUT2D eigenvalue weighted by molar-refractivity contribution is 0.193. The fourth-order valence-electron chi connectivity index (χ4n) is 1.49. The van der Waals surface area contributed by atoms with Crippen LogP contribution in [0.15, 0.2) is 6.20 Å². The normalized spacial score (nSPS) is 21.1. The average Bonchev–Trinajstić information content (AvgIpc) is 2.70. The fraction of sp³-hybridized carbons (Fsp3) is 0.556. The lowest BCUT2D eigenvalue weighted by Gasteiger charge is -2.08. The zero-order valence-corrected chi connectivity index (χ0v) is 8.06. The molecular formula is C9H13N3O2. The summed E-state index contributed by atoms with van der Waals surface area (Å²) in [5, 5.41) is 0. The van der Waals surface area contributed by atoms with Crippen LogP contribution in [0.3, 0.4) is 0 Å². The first-order chi connectivity index (χ1) is 6.81. The van der Waals surface area contributed by atoms with E-state index in [9.17, 15) is 0 Å². The van der Waals surface area contributed by atoms with E-state index in [2.05, 4.69) is 9.97 Å². The van der Waals surface area contributed by atoms with Crippen LogP contribution in [0.4, 0.5) is 5.82 Å². The van der Waals surface area contributed by atoms with Gasteiger partial charge in [-0.3, -0.25) is 0 Å². The maximum atomic E-state index is 5.68. The molecule has 5 nitrogen and oxygen atoms in total. The van der Waals surface area contributed by atoms with Crippen molar-refractivity contribution in [1.29, 1.82) is 0 Å². The number of ether oxygens (including phenoxy) is 2. The molecule has 0 radical (unpaired) electrons. The number of nitrogens with zero attached hydrogens (tertiary/aromatic N) is 2. The number of rotatable bonds is 2. The number of nitrogen functional groups attached to an aromatic ring is 1. The van der Waals surface area contributed by atoms with E-state index in [1.54, 1.807) is 13.3 Å². The highest BCUT2D eigenvalue weighted by molar-refractivity contribution is 5.43. The summed E-state index contributed by atoms with van der Waals surface area (Å²) >= 11 is 0. The van der Waals surface area contributed by atoms with Crippen LogP contribution in [0.2, 0.25) is 0 Å². The molecule has 76 valence electrons. The lowest BCUT2D eigenvalue weighted by Crippen LogP contribution is -2.07. The molecule has 0 bridgehead atoms. The molecule has 0 amide bonds. The Hall–Kier alpha value is -1.36. The average molecular weight is 195 g/mol. The molecule has 1 aliphatic heterocycles. The van der Waals surface area contributed by atoms with Crippen LogP contribution in [-0.4, -0.2) is 30.3 Å². The van der Waals surface area contributed by atoms with Crippen molar-refractivity contribution in [3.63, 3.8) is 0 Å². The second-order valence-electron chi connectivity index (χ2n) is 3.24. The Labute approximate surface area is 82.3 Å². The monoisotopic (exact) mass is 195 g/mol. The molecule has 1 aromatic rings. The van der Waals surface area contributed by atoms with E-state index in [-0.39, 0.29) is 5.92 Å². The van der Waals surface area contributed by atoms with Gasteiger partial charge in [0.2, 0.25) is 0 Å². The van der Waals surface area contributed by atoms with Gasteiger partial charge in [-0.05, 0) is 6.42 Å². The van der Waals surface area contributed by atoms with Crippen molar-refractivity contribution in [3.05, 3.63) is 12.0 Å². The fourth-order valence-corrected chi connectivity index (χ4v) is 1.49. The summed E-state index contributed by atoms with van der Waals surface area (Å²) in [4.78, 5) is 8.38. The number of anilines is 1. The lowest BCUT2D eigenvalue weighted by atomic mass is 10.1. The quantitative estimate of drug-likeness (QED) is 0.747. The first kappa shape index (κ1) is 9.21. The van der Waals surface area contributed by atoms with Gasteiger partial charge in [0, 0.05) is 12.5 Å². The van der Waals surface area contributed by atoms with Crippen molar-refractivity contribution < 1.29 is 9.47 Å². The smallest absolute Gasteiger partial charge is 0.179 e. The second-order valence-corrected chi connectivity index (χ2v) is 3.24. The van der Waals surface area contributed by atoms with Crippen LogP contribution in [0.25, 0.3) is 0 Å². The van der Waals surface area contributed by atoms with E-state index in [0.29, 0.717) is 18.2 Å². The van der Waals surface area contributed by atoms with Crippen molar-refractivity contribution in [1.82, 2.24) is 9.97 Å². The maximum absolute atomic E-state index is 5.68. The minimum absolute atomic E-state index is 0.281. The number of hydrogen-bond acceptors (Lipinski definition) is 5. The van der Waals surface area contributed by atoms with E-state index in [1.807, 2.05) is 0 Å². The van der Waals surface area contributed by atoms with Crippen molar-refractivity contribution >= 4 is 5.82 Å². The van der Waals surface area contributed by atoms with Crippen molar-refractivity contribution in [2.24, 2.45) is 0 Å². The Kier molecular flexibility index (Phi) is 2.49. The molecule has 1 aliphatic rings. The largest absolute Gasteiger partial charge is 0.491 e. The number of methoxy groups -OCH3 is 1. The van der Waals surface area contributed by atoms with Crippen molar-refractivity contribution in [3.8, 4) is 5.75 Å². The topological polar surface area (TPSA) is 70.3 Å². The van der Waals surface area contributed by atoms with Gasteiger partial charge in [-0.1, -0.05) is 0 Å². The molecule has 2 heterocycles. The van der Waals surface area contributed by atoms with Gasteiger partial charge in [0.05, 0.1) is 19.9 Å². The van der Waals surface area contributed by atoms with Gasteiger partial charge in [-0.25, -0.2) is 9.97 Å². The molecule has 1 saturated heterocycles. The zero-order chi connectivity index (χ0) is 9.97. The molecule has 5 heteroatoms. The molecule has 0 aromatic carbocycles. The van der Waals surface area contributed by atoms with Crippen LogP contribution in [-0.2, 0) is 4.74 Å². The highest BCUT2D eigenvalue weighted by Crippen LogP contribution is 2.25. The molecule has 2 rings (SSSR count). The number of aromatic nitrogens is 2.